The maximum atomic E-state index is 15.6. The minimum Gasteiger partial charge on any atom is -0.508 e. The quantitative estimate of drug-likeness (QED) is 0.199. The van der Waals surface area contributed by atoms with Gasteiger partial charge in [-0.3, -0.25) is 15.0 Å². The van der Waals surface area contributed by atoms with Crippen molar-refractivity contribution < 1.29 is 23.5 Å². The number of benzene rings is 4. The summed E-state index contributed by atoms with van der Waals surface area (Å²) in [5.41, 5.74) is 5.95. The number of imide groups is 1. The highest BCUT2D eigenvalue weighted by atomic mass is 19.3. The van der Waals surface area contributed by atoms with Crippen molar-refractivity contribution in [2.24, 2.45) is 11.3 Å². The van der Waals surface area contributed by atoms with Crippen LogP contribution in [0.1, 0.15) is 72.6 Å². The Morgan fingerprint density at radius 2 is 1.42 bits per heavy atom. The first-order chi connectivity index (χ1) is 26.6. The lowest BCUT2D eigenvalue weighted by Crippen LogP contribution is -2.49. The van der Waals surface area contributed by atoms with Crippen LogP contribution in [0.4, 0.5) is 30.6 Å². The van der Waals surface area contributed by atoms with Crippen molar-refractivity contribution in [3.05, 3.63) is 119 Å². The van der Waals surface area contributed by atoms with E-state index in [2.05, 4.69) is 56.4 Å². The largest absolute Gasteiger partial charge is 0.508 e. The van der Waals surface area contributed by atoms with E-state index in [1.807, 2.05) is 42.5 Å². The van der Waals surface area contributed by atoms with Gasteiger partial charge in [-0.25, -0.2) is 13.6 Å². The number of aromatic hydroxyl groups is 1. The average Bonchev–Trinajstić information content (AvgIpc) is 3.80. The highest BCUT2D eigenvalue weighted by Crippen LogP contribution is 2.55. The molecule has 8 nitrogen and oxygen atoms in total. The molecule has 55 heavy (non-hydrogen) atoms. The van der Waals surface area contributed by atoms with E-state index in [0.717, 1.165) is 75.5 Å². The summed E-state index contributed by atoms with van der Waals surface area (Å²) < 4.78 is 31.1. The first kappa shape index (κ1) is 35.7. The van der Waals surface area contributed by atoms with Gasteiger partial charge in [0.25, 0.3) is 5.92 Å². The molecule has 3 amide bonds. The van der Waals surface area contributed by atoms with E-state index < -0.39 is 5.92 Å². The number of carbonyl (C=O) groups is 2. The van der Waals surface area contributed by atoms with Gasteiger partial charge in [0.1, 0.15) is 5.75 Å². The third-order valence-corrected chi connectivity index (χ3v) is 13.2. The van der Waals surface area contributed by atoms with Crippen LogP contribution in [0.5, 0.6) is 5.75 Å². The molecule has 2 N–H and O–H groups in total. The maximum absolute atomic E-state index is 15.6. The molecule has 4 aromatic carbocycles. The molecule has 1 spiro atoms. The number of likely N-dealkylation sites (tertiary alicyclic amines) is 1. The average molecular weight is 746 g/mol. The lowest BCUT2D eigenvalue weighted by Gasteiger charge is -2.39. The molecular weight excluding hydrogens is 697 g/mol. The summed E-state index contributed by atoms with van der Waals surface area (Å²) in [7, 11) is 0. The molecule has 0 bridgehead atoms. The van der Waals surface area contributed by atoms with E-state index in [9.17, 15) is 14.7 Å². The number of piperidine rings is 1. The molecule has 4 aromatic rings. The summed E-state index contributed by atoms with van der Waals surface area (Å²) >= 11 is 0. The van der Waals surface area contributed by atoms with Crippen LogP contribution in [0.3, 0.4) is 0 Å². The van der Waals surface area contributed by atoms with Gasteiger partial charge < -0.3 is 19.8 Å². The van der Waals surface area contributed by atoms with Crippen LogP contribution < -0.4 is 20.0 Å². The molecule has 1 aliphatic carbocycles. The number of phenolic OH excluding ortho intramolecular Hbond substituents is 1. The van der Waals surface area contributed by atoms with E-state index in [-0.39, 0.29) is 41.5 Å². The normalized spacial score (nSPS) is 25.7. The zero-order valence-corrected chi connectivity index (χ0v) is 31.2. The minimum absolute atomic E-state index is 0.0677. The predicted molar refractivity (Wildman–Crippen MR) is 211 cm³/mol. The van der Waals surface area contributed by atoms with Crippen molar-refractivity contribution in [1.29, 1.82) is 0 Å². The fourth-order valence-corrected chi connectivity index (χ4v) is 10.2. The number of nitrogens with zero attached hydrogens (tertiary/aromatic N) is 4. The fourth-order valence-electron chi connectivity index (χ4n) is 10.2. The molecule has 0 unspecified atom stereocenters. The van der Waals surface area contributed by atoms with Crippen LogP contribution in [0, 0.1) is 11.3 Å². The lowest BCUT2D eigenvalue weighted by atomic mass is 9.68. The minimum atomic E-state index is -3.03. The topological polar surface area (TPSA) is 79.4 Å². The van der Waals surface area contributed by atoms with Gasteiger partial charge in [-0.1, -0.05) is 48.5 Å². The maximum Gasteiger partial charge on any atom is 0.328 e. The van der Waals surface area contributed by atoms with Gasteiger partial charge >= 0.3 is 6.03 Å². The third-order valence-electron chi connectivity index (χ3n) is 13.2. The number of carbonyl (C=O) groups excluding carboxylic acids is 2. The van der Waals surface area contributed by atoms with E-state index in [1.165, 1.54) is 36.3 Å². The van der Waals surface area contributed by atoms with Crippen molar-refractivity contribution in [3.63, 3.8) is 0 Å². The Morgan fingerprint density at radius 1 is 0.727 bits per heavy atom. The molecule has 10 heteroatoms. The van der Waals surface area contributed by atoms with Crippen molar-refractivity contribution in [1.82, 2.24) is 10.2 Å². The monoisotopic (exact) mass is 745 g/mol. The third kappa shape index (κ3) is 7.05. The molecule has 4 aliphatic heterocycles. The molecule has 0 saturated carbocycles. The Hall–Kier alpha value is -4.96. The van der Waals surface area contributed by atoms with Gasteiger partial charge in [-0.05, 0) is 103 Å². The standard InChI is InChI=1S/C45H49F2N5O3/c46-45(47)27-39(32-4-2-1-3-5-32)42(38-15-14-37(53)26-40(38)45)33-6-8-34(9-7-33)50-21-16-31(17-22-50)28-49-24-19-44(29-49)20-25-51(30-44)35-10-12-36(13-11-35)52-23-18-41(54)48-43(52)55/h1-15,26,31,39,42,53H,16-25,27-30H2,(H,48,54,55)/t39-,42-,44-/m1/s1. The van der Waals surface area contributed by atoms with Crippen molar-refractivity contribution in [2.75, 3.05) is 67.1 Å². The second kappa shape index (κ2) is 14.3. The summed E-state index contributed by atoms with van der Waals surface area (Å²) in [5.74, 6) is -3.34. The summed E-state index contributed by atoms with van der Waals surface area (Å²) in [6.45, 7) is 7.96. The van der Waals surface area contributed by atoms with Crippen LogP contribution in [0.25, 0.3) is 0 Å². The van der Waals surface area contributed by atoms with Crippen LogP contribution in [0.15, 0.2) is 97.1 Å². The van der Waals surface area contributed by atoms with E-state index in [4.69, 9.17) is 0 Å². The molecule has 286 valence electrons. The second-order valence-corrected chi connectivity index (χ2v) is 16.6. The van der Waals surface area contributed by atoms with Crippen LogP contribution >= 0.6 is 0 Å². The van der Waals surface area contributed by atoms with Crippen molar-refractivity contribution in [3.8, 4) is 5.75 Å². The van der Waals surface area contributed by atoms with E-state index in [1.54, 1.807) is 11.0 Å². The van der Waals surface area contributed by atoms with Crippen molar-refractivity contribution in [2.45, 2.75) is 56.3 Å². The molecule has 5 aliphatic rings. The van der Waals surface area contributed by atoms with E-state index >= 15 is 8.78 Å². The molecule has 9 rings (SSSR count). The summed E-state index contributed by atoms with van der Waals surface area (Å²) in [6, 6.07) is 30.6. The Bertz CT molecular complexity index is 2040. The Kier molecular flexibility index (Phi) is 9.27. The zero-order chi connectivity index (χ0) is 37.7. The summed E-state index contributed by atoms with van der Waals surface area (Å²) in [5, 5.41) is 12.5. The lowest BCUT2D eigenvalue weighted by molar-refractivity contribution is -0.120. The number of nitrogens with one attached hydrogen (secondary N) is 1. The Balaban J connectivity index is 0.800. The number of phenols is 1. The van der Waals surface area contributed by atoms with Gasteiger partial charge in [0, 0.05) is 98.5 Å². The molecule has 4 saturated heterocycles. The number of rotatable bonds is 7. The predicted octanol–water partition coefficient (Wildman–Crippen LogP) is 8.07. The first-order valence-electron chi connectivity index (χ1n) is 19.9. The second-order valence-electron chi connectivity index (χ2n) is 16.6. The number of amides is 3. The number of halogens is 2. The van der Waals surface area contributed by atoms with Crippen LogP contribution in [-0.4, -0.2) is 74.3 Å². The van der Waals surface area contributed by atoms with Gasteiger partial charge in [-0.15, -0.1) is 0 Å². The number of hydrogen-bond acceptors (Lipinski definition) is 6. The molecule has 3 atom stereocenters. The highest BCUT2D eigenvalue weighted by Gasteiger charge is 2.47. The molecule has 0 aromatic heterocycles. The van der Waals surface area contributed by atoms with Crippen LogP contribution in [-0.2, 0) is 10.7 Å². The Morgan fingerprint density at radius 3 is 2.16 bits per heavy atom. The SMILES string of the molecule is O=C1CCN(c2ccc(N3CC[C@@]4(CCN(CC5CCN(c6ccc([C@@H]7c8ccc(O)cc8C(F)(F)C[C@@H]7c7ccccc7)cc6)CC5)C4)C3)cc2)C(=O)N1. The number of anilines is 3. The number of fused-ring (bicyclic) bond motifs is 1. The summed E-state index contributed by atoms with van der Waals surface area (Å²) in [6.07, 6.45) is 4.74. The van der Waals surface area contributed by atoms with Gasteiger partial charge in [0.05, 0.1) is 0 Å². The number of hydrogen-bond donors (Lipinski definition) is 2. The van der Waals surface area contributed by atoms with E-state index in [0.29, 0.717) is 29.9 Å². The highest BCUT2D eigenvalue weighted by molar-refractivity contribution is 6.05. The van der Waals surface area contributed by atoms with Crippen LogP contribution in [0.2, 0.25) is 0 Å². The van der Waals surface area contributed by atoms with Crippen molar-refractivity contribution >= 4 is 29.0 Å². The zero-order valence-electron chi connectivity index (χ0n) is 31.2. The van der Waals surface area contributed by atoms with Gasteiger partial charge in [-0.2, -0.15) is 0 Å². The smallest absolute Gasteiger partial charge is 0.328 e. The Labute approximate surface area is 321 Å². The molecule has 4 fully saturated rings. The molecular formula is C45H49F2N5O3. The molecule has 0 radical (unpaired) electrons. The van der Waals surface area contributed by atoms with Gasteiger partial charge in [0.15, 0.2) is 0 Å². The summed E-state index contributed by atoms with van der Waals surface area (Å²) in [4.78, 5) is 33.1. The molecule has 4 heterocycles. The van der Waals surface area contributed by atoms with Gasteiger partial charge in [0.2, 0.25) is 5.91 Å². The number of urea groups is 1. The first-order valence-corrected chi connectivity index (χ1v) is 19.9. The fraction of sp³-hybridized carbons (Fsp3) is 0.422. The number of alkyl halides is 2.